The second-order valence-electron chi connectivity index (χ2n) is 7.26. The first-order valence-electron chi connectivity index (χ1n) is 9.26. The van der Waals surface area contributed by atoms with Crippen molar-refractivity contribution in [2.45, 2.75) is 40.3 Å². The van der Waals surface area contributed by atoms with Crippen LogP contribution in [0.5, 0.6) is 0 Å². The molecule has 0 radical (unpaired) electrons. The predicted octanol–water partition coefficient (Wildman–Crippen LogP) is 3.39. The first-order chi connectivity index (χ1) is 13.3. The van der Waals surface area contributed by atoms with Gasteiger partial charge in [0, 0.05) is 54.4 Å². The summed E-state index contributed by atoms with van der Waals surface area (Å²) in [6, 6.07) is 7.74. The van der Waals surface area contributed by atoms with E-state index < -0.39 is 0 Å². The van der Waals surface area contributed by atoms with E-state index in [1.54, 1.807) is 17.3 Å². The highest BCUT2D eigenvalue weighted by molar-refractivity contribution is 5.95. The third-order valence-electron chi connectivity index (χ3n) is 4.82. The Bertz CT molecular complexity index is 991. The van der Waals surface area contributed by atoms with Gasteiger partial charge in [0.05, 0.1) is 5.69 Å². The molecule has 28 heavy (non-hydrogen) atoms. The van der Waals surface area contributed by atoms with Crippen LogP contribution in [0.2, 0.25) is 0 Å². The van der Waals surface area contributed by atoms with E-state index >= 15 is 0 Å². The van der Waals surface area contributed by atoms with Crippen molar-refractivity contribution in [2.75, 3.05) is 12.8 Å². The van der Waals surface area contributed by atoms with Gasteiger partial charge in [-0.05, 0) is 45.4 Å². The van der Waals surface area contributed by atoms with Crippen LogP contribution in [0.3, 0.4) is 0 Å². The molecule has 3 rings (SSSR count). The predicted molar refractivity (Wildman–Crippen MR) is 110 cm³/mol. The van der Waals surface area contributed by atoms with Crippen molar-refractivity contribution in [3.8, 4) is 11.1 Å². The smallest absolute Gasteiger partial charge is 0.253 e. The zero-order chi connectivity index (χ0) is 20.4. The second kappa shape index (κ2) is 7.80. The van der Waals surface area contributed by atoms with Gasteiger partial charge in [0.2, 0.25) is 5.95 Å². The molecule has 3 aromatic rings. The molecule has 1 amide bonds. The van der Waals surface area contributed by atoms with Gasteiger partial charge in [-0.2, -0.15) is 5.10 Å². The quantitative estimate of drug-likeness (QED) is 0.735. The lowest BCUT2D eigenvalue weighted by atomic mass is 10.0. The van der Waals surface area contributed by atoms with E-state index in [1.165, 1.54) is 0 Å². The highest BCUT2D eigenvalue weighted by Crippen LogP contribution is 2.22. The largest absolute Gasteiger partial charge is 0.368 e. The molecule has 2 aromatic heterocycles. The molecule has 0 aliphatic rings. The number of carbonyl (C=O) groups excluding carboxylic acids is 1. The first-order valence-corrected chi connectivity index (χ1v) is 9.26. The summed E-state index contributed by atoms with van der Waals surface area (Å²) < 4.78 is 2.00. The zero-order valence-electron chi connectivity index (χ0n) is 17.0. The molecule has 0 aliphatic heterocycles. The normalized spacial score (nSPS) is 11.1. The lowest BCUT2D eigenvalue weighted by Crippen LogP contribution is -2.26. The molecule has 0 bridgehead atoms. The van der Waals surface area contributed by atoms with Gasteiger partial charge in [0.15, 0.2) is 0 Å². The van der Waals surface area contributed by atoms with Gasteiger partial charge in [-0.25, -0.2) is 9.97 Å². The highest BCUT2D eigenvalue weighted by Gasteiger charge is 2.19. The maximum absolute atomic E-state index is 13.0. The first kappa shape index (κ1) is 19.5. The van der Waals surface area contributed by atoms with Crippen molar-refractivity contribution in [1.29, 1.82) is 0 Å². The maximum Gasteiger partial charge on any atom is 0.253 e. The Morgan fingerprint density at radius 3 is 2.46 bits per heavy atom. The monoisotopic (exact) mass is 378 g/mol. The number of benzene rings is 1. The number of nitrogen functional groups attached to an aromatic ring is 1. The van der Waals surface area contributed by atoms with Gasteiger partial charge in [-0.15, -0.1) is 0 Å². The topological polar surface area (TPSA) is 89.9 Å². The maximum atomic E-state index is 13.0. The van der Waals surface area contributed by atoms with Crippen molar-refractivity contribution in [3.63, 3.8) is 0 Å². The summed E-state index contributed by atoms with van der Waals surface area (Å²) in [5.41, 5.74) is 11.0. The third-order valence-corrected chi connectivity index (χ3v) is 4.82. The molecule has 0 saturated heterocycles. The fourth-order valence-corrected chi connectivity index (χ4v) is 3.28. The number of aromatic nitrogens is 4. The van der Waals surface area contributed by atoms with E-state index in [-0.39, 0.29) is 17.9 Å². The summed E-state index contributed by atoms with van der Waals surface area (Å²) in [5.74, 6) is 0.178. The lowest BCUT2D eigenvalue weighted by Gasteiger charge is -2.18. The minimum absolute atomic E-state index is 0.0469. The molecular weight excluding hydrogens is 352 g/mol. The Labute approximate surface area is 165 Å². The number of carbonyl (C=O) groups is 1. The number of nitrogens with zero attached hydrogens (tertiary/aromatic N) is 5. The molecule has 7 heteroatoms. The van der Waals surface area contributed by atoms with Crippen LogP contribution in [0.1, 0.15) is 47.2 Å². The van der Waals surface area contributed by atoms with Crippen molar-refractivity contribution < 1.29 is 4.79 Å². The average Bonchev–Trinajstić information content (AvgIpc) is 2.96. The van der Waals surface area contributed by atoms with Gasteiger partial charge in [-0.1, -0.05) is 12.1 Å². The molecule has 0 atom stereocenters. The van der Waals surface area contributed by atoms with Crippen molar-refractivity contribution in [1.82, 2.24) is 24.6 Å². The molecule has 0 saturated carbocycles. The Morgan fingerprint density at radius 1 is 1.18 bits per heavy atom. The van der Waals surface area contributed by atoms with E-state index in [1.807, 2.05) is 42.9 Å². The van der Waals surface area contributed by atoms with E-state index in [9.17, 15) is 4.79 Å². The molecule has 146 valence electrons. The van der Waals surface area contributed by atoms with Crippen molar-refractivity contribution >= 4 is 11.9 Å². The fraction of sp³-hybridized carbons (Fsp3) is 0.333. The molecule has 0 spiro atoms. The van der Waals surface area contributed by atoms with Crippen LogP contribution in [-0.2, 0) is 6.54 Å². The standard InChI is InChI=1S/C21H26N6O/c1-13(2)27-15(4)19(14(3)25-27)12-26(5)20(28)17-8-6-7-16(9-17)18-10-23-21(22)24-11-18/h6-11,13H,12H2,1-5H3,(H2,22,23,24). The summed E-state index contributed by atoms with van der Waals surface area (Å²) in [5, 5.41) is 4.61. The number of hydrogen-bond donors (Lipinski definition) is 1. The van der Waals surface area contributed by atoms with E-state index in [4.69, 9.17) is 5.73 Å². The number of amides is 1. The lowest BCUT2D eigenvalue weighted by molar-refractivity contribution is 0.0784. The van der Waals surface area contributed by atoms with Crippen LogP contribution >= 0.6 is 0 Å². The fourth-order valence-electron chi connectivity index (χ4n) is 3.28. The van der Waals surface area contributed by atoms with Gasteiger partial charge in [0.25, 0.3) is 5.91 Å². The SMILES string of the molecule is Cc1nn(C(C)C)c(C)c1CN(C)C(=O)c1cccc(-c2cnc(N)nc2)c1. The minimum atomic E-state index is -0.0469. The van der Waals surface area contributed by atoms with Gasteiger partial charge in [-0.3, -0.25) is 9.48 Å². The van der Waals surface area contributed by atoms with Gasteiger partial charge < -0.3 is 10.6 Å². The number of rotatable bonds is 5. The number of anilines is 1. The number of hydrogen-bond acceptors (Lipinski definition) is 5. The van der Waals surface area contributed by atoms with E-state index in [0.29, 0.717) is 12.1 Å². The van der Waals surface area contributed by atoms with Crippen molar-refractivity contribution in [2.24, 2.45) is 0 Å². The minimum Gasteiger partial charge on any atom is -0.368 e. The molecule has 0 aliphatic carbocycles. The third kappa shape index (κ3) is 3.88. The molecule has 7 nitrogen and oxygen atoms in total. The Hall–Kier alpha value is -3.22. The molecule has 0 unspecified atom stereocenters. The average molecular weight is 378 g/mol. The van der Waals surface area contributed by atoms with Crippen LogP contribution in [0, 0.1) is 13.8 Å². The van der Waals surface area contributed by atoms with Crippen LogP contribution < -0.4 is 5.73 Å². The van der Waals surface area contributed by atoms with E-state index in [0.717, 1.165) is 28.1 Å². The van der Waals surface area contributed by atoms with E-state index in [2.05, 4.69) is 35.8 Å². The van der Waals surface area contributed by atoms with Crippen LogP contribution in [0.15, 0.2) is 36.7 Å². The van der Waals surface area contributed by atoms with Crippen LogP contribution in [-0.4, -0.2) is 37.6 Å². The summed E-state index contributed by atoms with van der Waals surface area (Å²) in [7, 11) is 1.81. The summed E-state index contributed by atoms with van der Waals surface area (Å²) in [4.78, 5) is 22.8. The Morgan fingerprint density at radius 2 is 1.86 bits per heavy atom. The highest BCUT2D eigenvalue weighted by atomic mass is 16.2. The summed E-state index contributed by atoms with van der Waals surface area (Å²) in [6.07, 6.45) is 3.31. The molecule has 0 fully saturated rings. The summed E-state index contributed by atoms with van der Waals surface area (Å²) >= 11 is 0. The second-order valence-corrected chi connectivity index (χ2v) is 7.26. The van der Waals surface area contributed by atoms with Gasteiger partial charge in [0.1, 0.15) is 0 Å². The summed E-state index contributed by atoms with van der Waals surface area (Å²) in [6.45, 7) is 8.75. The molecule has 2 N–H and O–H groups in total. The van der Waals surface area contributed by atoms with Gasteiger partial charge >= 0.3 is 0 Å². The van der Waals surface area contributed by atoms with Crippen molar-refractivity contribution in [3.05, 3.63) is 59.2 Å². The number of nitrogens with two attached hydrogens (primary N) is 1. The zero-order valence-corrected chi connectivity index (χ0v) is 17.0. The molecule has 1 aromatic carbocycles. The van der Waals surface area contributed by atoms with Crippen LogP contribution in [0.25, 0.3) is 11.1 Å². The van der Waals surface area contributed by atoms with Crippen LogP contribution in [0.4, 0.5) is 5.95 Å². The Kier molecular flexibility index (Phi) is 5.44. The number of aryl methyl sites for hydroxylation is 1. The Balaban J connectivity index is 1.83. The molecule has 2 heterocycles. The molecular formula is C21H26N6O.